The van der Waals surface area contributed by atoms with Gasteiger partial charge < -0.3 is 0 Å². The van der Waals surface area contributed by atoms with Crippen LogP contribution in [-0.2, 0) is 6.18 Å². The summed E-state index contributed by atoms with van der Waals surface area (Å²) >= 11 is 3.23. The third-order valence-corrected chi connectivity index (χ3v) is 3.63. The van der Waals surface area contributed by atoms with Crippen LogP contribution in [0, 0.1) is 5.82 Å². The molecule has 3 rings (SSSR count). The van der Waals surface area contributed by atoms with Crippen LogP contribution in [0.1, 0.15) is 30.1 Å². The first-order chi connectivity index (χ1) is 9.84. The van der Waals surface area contributed by atoms with Gasteiger partial charge in [-0.25, -0.2) is 14.4 Å². The second-order valence-electron chi connectivity index (χ2n) is 4.90. The zero-order valence-electron chi connectivity index (χ0n) is 10.6. The summed E-state index contributed by atoms with van der Waals surface area (Å²) in [4.78, 5) is 8.51. The van der Waals surface area contributed by atoms with Crippen LogP contribution >= 0.6 is 15.9 Å². The highest BCUT2D eigenvalue weighted by Gasteiger charge is 2.34. The Kier molecular flexibility index (Phi) is 3.47. The highest BCUT2D eigenvalue weighted by atomic mass is 79.9. The van der Waals surface area contributed by atoms with Crippen molar-refractivity contribution >= 4 is 15.9 Å². The molecule has 0 aliphatic heterocycles. The Bertz CT molecular complexity index is 696. The van der Waals surface area contributed by atoms with Gasteiger partial charge in [0.2, 0.25) is 0 Å². The largest absolute Gasteiger partial charge is 0.419 e. The number of benzene rings is 1. The molecule has 0 atom stereocenters. The SMILES string of the molecule is Fc1ccc(-c2cc(Br)nc(C3CC3)n2)cc1C(F)(F)F. The van der Waals surface area contributed by atoms with E-state index in [1.807, 2.05) is 0 Å². The molecular weight excluding hydrogens is 352 g/mol. The molecule has 0 unspecified atom stereocenters. The Balaban J connectivity index is 2.08. The first-order valence-corrected chi connectivity index (χ1v) is 7.05. The number of halogens is 5. The number of alkyl halides is 3. The molecule has 0 bridgehead atoms. The quantitative estimate of drug-likeness (QED) is 0.559. The van der Waals surface area contributed by atoms with E-state index in [0.29, 0.717) is 16.1 Å². The Morgan fingerprint density at radius 1 is 1.10 bits per heavy atom. The van der Waals surface area contributed by atoms with Gasteiger partial charge in [-0.05, 0) is 53.0 Å². The molecule has 1 aliphatic carbocycles. The number of hydrogen-bond acceptors (Lipinski definition) is 2. The van der Waals surface area contributed by atoms with Crippen LogP contribution in [0.5, 0.6) is 0 Å². The minimum Gasteiger partial charge on any atom is -0.233 e. The molecule has 1 saturated carbocycles. The first kappa shape index (κ1) is 14.4. The predicted molar refractivity (Wildman–Crippen MR) is 72.1 cm³/mol. The monoisotopic (exact) mass is 360 g/mol. The fraction of sp³-hybridized carbons (Fsp3) is 0.286. The molecule has 1 aromatic carbocycles. The Morgan fingerprint density at radius 3 is 2.43 bits per heavy atom. The minimum absolute atomic E-state index is 0.216. The molecule has 7 heteroatoms. The number of nitrogens with zero attached hydrogens (tertiary/aromatic N) is 2. The second kappa shape index (κ2) is 5.05. The first-order valence-electron chi connectivity index (χ1n) is 6.26. The van der Waals surface area contributed by atoms with Gasteiger partial charge in [0.1, 0.15) is 16.2 Å². The molecule has 2 aromatic rings. The molecular formula is C14H9BrF4N2. The minimum atomic E-state index is -4.73. The van der Waals surface area contributed by atoms with Gasteiger partial charge in [-0.2, -0.15) is 13.2 Å². The molecule has 21 heavy (non-hydrogen) atoms. The van der Waals surface area contributed by atoms with E-state index in [1.165, 1.54) is 12.1 Å². The van der Waals surface area contributed by atoms with Crippen molar-refractivity contribution in [2.45, 2.75) is 24.9 Å². The van der Waals surface area contributed by atoms with Crippen LogP contribution in [0.2, 0.25) is 0 Å². The van der Waals surface area contributed by atoms with Crippen molar-refractivity contribution in [2.75, 3.05) is 0 Å². The number of aromatic nitrogens is 2. The van der Waals surface area contributed by atoms with Crippen LogP contribution in [-0.4, -0.2) is 9.97 Å². The van der Waals surface area contributed by atoms with E-state index in [0.717, 1.165) is 25.0 Å². The van der Waals surface area contributed by atoms with Gasteiger partial charge in [0, 0.05) is 11.5 Å². The van der Waals surface area contributed by atoms with Gasteiger partial charge in [0.15, 0.2) is 0 Å². The molecule has 0 N–H and O–H groups in total. The van der Waals surface area contributed by atoms with Gasteiger partial charge >= 0.3 is 6.18 Å². The Labute approximate surface area is 126 Å². The molecule has 0 radical (unpaired) electrons. The third kappa shape index (κ3) is 3.07. The van der Waals surface area contributed by atoms with Crippen molar-refractivity contribution in [3.63, 3.8) is 0 Å². The summed E-state index contributed by atoms with van der Waals surface area (Å²) in [6, 6.07) is 4.40. The lowest BCUT2D eigenvalue weighted by atomic mass is 10.1. The van der Waals surface area contributed by atoms with Crippen LogP contribution in [0.25, 0.3) is 11.3 Å². The van der Waals surface area contributed by atoms with Crippen molar-refractivity contribution in [3.8, 4) is 11.3 Å². The molecule has 0 saturated heterocycles. The summed E-state index contributed by atoms with van der Waals surface area (Å²) in [7, 11) is 0. The smallest absolute Gasteiger partial charge is 0.233 e. The van der Waals surface area contributed by atoms with E-state index in [2.05, 4.69) is 25.9 Å². The molecule has 1 aromatic heterocycles. The van der Waals surface area contributed by atoms with Crippen molar-refractivity contribution in [2.24, 2.45) is 0 Å². The molecule has 1 heterocycles. The highest BCUT2D eigenvalue weighted by Crippen LogP contribution is 2.39. The summed E-state index contributed by atoms with van der Waals surface area (Å²) in [6.45, 7) is 0. The summed E-state index contributed by atoms with van der Waals surface area (Å²) in [5.41, 5.74) is -0.722. The van der Waals surface area contributed by atoms with Crippen LogP contribution in [0.4, 0.5) is 17.6 Å². The van der Waals surface area contributed by atoms with Gasteiger partial charge in [-0.1, -0.05) is 0 Å². The van der Waals surface area contributed by atoms with Crippen molar-refractivity contribution in [1.29, 1.82) is 0 Å². The second-order valence-corrected chi connectivity index (χ2v) is 5.71. The van der Waals surface area contributed by atoms with E-state index in [4.69, 9.17) is 0 Å². The van der Waals surface area contributed by atoms with Gasteiger partial charge in [0.05, 0.1) is 11.3 Å². The summed E-state index contributed by atoms with van der Waals surface area (Å²) in [5, 5.41) is 0. The van der Waals surface area contributed by atoms with E-state index in [1.54, 1.807) is 0 Å². The van der Waals surface area contributed by atoms with Gasteiger partial charge in [0.25, 0.3) is 0 Å². The summed E-state index contributed by atoms with van der Waals surface area (Å²) < 4.78 is 52.1. The number of rotatable bonds is 2. The molecule has 0 spiro atoms. The Hall–Kier alpha value is -1.50. The maximum Gasteiger partial charge on any atom is 0.419 e. The fourth-order valence-corrected chi connectivity index (χ4v) is 2.41. The van der Waals surface area contributed by atoms with Crippen LogP contribution < -0.4 is 0 Å². The molecule has 1 fully saturated rings. The summed E-state index contributed by atoms with van der Waals surface area (Å²) in [5.74, 6) is -0.414. The lowest BCUT2D eigenvalue weighted by molar-refractivity contribution is -0.139. The predicted octanol–water partition coefficient (Wildman–Crippen LogP) is 4.94. The molecule has 1 aliphatic rings. The van der Waals surface area contributed by atoms with Crippen molar-refractivity contribution in [3.05, 3.63) is 46.1 Å². The van der Waals surface area contributed by atoms with E-state index in [9.17, 15) is 17.6 Å². The molecule has 0 amide bonds. The standard InChI is InChI=1S/C14H9BrF4N2/c15-12-6-11(20-13(21-12)7-1-2-7)8-3-4-10(16)9(5-8)14(17,18)19/h3-7H,1-2H2. The van der Waals surface area contributed by atoms with Crippen LogP contribution in [0.3, 0.4) is 0 Å². The van der Waals surface area contributed by atoms with Gasteiger partial charge in [-0.15, -0.1) is 0 Å². The van der Waals surface area contributed by atoms with Crippen molar-refractivity contribution in [1.82, 2.24) is 9.97 Å². The highest BCUT2D eigenvalue weighted by molar-refractivity contribution is 9.10. The van der Waals surface area contributed by atoms with Crippen LogP contribution in [0.15, 0.2) is 28.9 Å². The van der Waals surface area contributed by atoms with E-state index in [-0.39, 0.29) is 11.5 Å². The lowest BCUT2D eigenvalue weighted by Crippen LogP contribution is -2.08. The maximum absolute atomic E-state index is 13.3. The topological polar surface area (TPSA) is 25.8 Å². The zero-order chi connectivity index (χ0) is 15.2. The average molecular weight is 361 g/mol. The zero-order valence-corrected chi connectivity index (χ0v) is 12.2. The van der Waals surface area contributed by atoms with E-state index < -0.39 is 17.6 Å². The molecule has 110 valence electrons. The maximum atomic E-state index is 13.3. The normalized spacial score (nSPS) is 15.3. The Morgan fingerprint density at radius 2 is 1.81 bits per heavy atom. The summed E-state index contributed by atoms with van der Waals surface area (Å²) in [6.07, 6.45) is -2.77. The van der Waals surface area contributed by atoms with E-state index >= 15 is 0 Å². The lowest BCUT2D eigenvalue weighted by Gasteiger charge is -2.10. The van der Waals surface area contributed by atoms with Gasteiger partial charge in [-0.3, -0.25) is 0 Å². The molecule has 2 nitrogen and oxygen atoms in total. The fourth-order valence-electron chi connectivity index (χ4n) is 2.01. The van der Waals surface area contributed by atoms with Crippen molar-refractivity contribution < 1.29 is 17.6 Å². The average Bonchev–Trinajstić information content (AvgIpc) is 3.21. The number of hydrogen-bond donors (Lipinski definition) is 0. The third-order valence-electron chi connectivity index (χ3n) is 3.22.